The minimum Gasteiger partial charge on any atom is -0.464 e. The average Bonchev–Trinajstić information content (AvgIpc) is 3.00. The Balaban J connectivity index is 1.87. The Labute approximate surface area is 197 Å². The van der Waals surface area contributed by atoms with E-state index in [4.69, 9.17) is 28.2 Å². The van der Waals surface area contributed by atoms with Crippen molar-refractivity contribution in [3.05, 3.63) is 52.4 Å². The van der Waals surface area contributed by atoms with Gasteiger partial charge in [0.2, 0.25) is 0 Å². The van der Waals surface area contributed by atoms with Crippen LogP contribution in [0.3, 0.4) is 0 Å². The molecule has 3 rings (SSSR count). The molecule has 2 aromatic rings. The second kappa shape index (κ2) is 8.88. The van der Waals surface area contributed by atoms with Crippen LogP contribution < -0.4 is 10.6 Å². The van der Waals surface area contributed by atoms with Crippen LogP contribution >= 0.6 is 23.8 Å². The van der Waals surface area contributed by atoms with E-state index in [2.05, 4.69) is 43.2 Å². The first-order valence-corrected chi connectivity index (χ1v) is 11.2. The number of piperidine rings is 1. The highest BCUT2D eigenvalue weighted by atomic mass is 35.5. The van der Waals surface area contributed by atoms with Gasteiger partial charge in [-0.05, 0) is 90.0 Å². The molecule has 0 bridgehead atoms. The fourth-order valence-electron chi connectivity index (χ4n) is 4.61. The van der Waals surface area contributed by atoms with E-state index in [1.165, 1.54) is 12.1 Å². The number of nitrogens with zero attached hydrogens (tertiary/aromatic N) is 1. The zero-order valence-electron chi connectivity index (χ0n) is 18.9. The largest absolute Gasteiger partial charge is 0.464 e. The number of rotatable bonds is 4. The van der Waals surface area contributed by atoms with Crippen molar-refractivity contribution in [1.82, 2.24) is 10.2 Å². The highest BCUT2D eigenvalue weighted by Gasteiger charge is 2.41. The lowest BCUT2D eigenvalue weighted by Crippen LogP contribution is -2.63. The van der Waals surface area contributed by atoms with E-state index < -0.39 is 11.7 Å². The standard InChI is InChI=1S/C23H29ClF3N3OS/c1-14-6-8-17(31-14)13-30(16-11-21(2,3)29-22(4,5)12-16)20(32)28-15-7-9-18(19(24)10-15)23(25,26)27/h6-10,16,29H,11-13H2,1-5H3,(H,28,32). The molecule has 176 valence electrons. The zero-order valence-corrected chi connectivity index (χ0v) is 20.4. The Morgan fingerprint density at radius 3 is 2.31 bits per heavy atom. The third-order valence-corrected chi connectivity index (χ3v) is 6.17. The van der Waals surface area contributed by atoms with Gasteiger partial charge in [-0.3, -0.25) is 0 Å². The van der Waals surface area contributed by atoms with Gasteiger partial charge in [-0.1, -0.05) is 11.6 Å². The minimum absolute atomic E-state index is 0.0941. The van der Waals surface area contributed by atoms with Crippen molar-refractivity contribution in [2.24, 2.45) is 0 Å². The van der Waals surface area contributed by atoms with E-state index in [1.54, 1.807) is 0 Å². The van der Waals surface area contributed by atoms with Crippen molar-refractivity contribution in [2.75, 3.05) is 5.32 Å². The Morgan fingerprint density at radius 2 is 1.81 bits per heavy atom. The van der Waals surface area contributed by atoms with Gasteiger partial charge in [0.15, 0.2) is 5.11 Å². The maximum absolute atomic E-state index is 13.0. The van der Waals surface area contributed by atoms with Crippen molar-refractivity contribution in [2.45, 2.75) is 77.3 Å². The molecule has 0 aliphatic carbocycles. The van der Waals surface area contributed by atoms with E-state index in [1.807, 2.05) is 19.1 Å². The van der Waals surface area contributed by atoms with Crippen molar-refractivity contribution in [1.29, 1.82) is 0 Å². The Kier molecular flexibility index (Phi) is 6.90. The summed E-state index contributed by atoms with van der Waals surface area (Å²) in [7, 11) is 0. The summed E-state index contributed by atoms with van der Waals surface area (Å²) in [6.07, 6.45) is -2.83. The summed E-state index contributed by atoms with van der Waals surface area (Å²) in [6.45, 7) is 10.9. The van der Waals surface area contributed by atoms with Gasteiger partial charge in [-0.15, -0.1) is 0 Å². The third-order valence-electron chi connectivity index (χ3n) is 5.52. The van der Waals surface area contributed by atoms with Gasteiger partial charge in [-0.25, -0.2) is 0 Å². The summed E-state index contributed by atoms with van der Waals surface area (Å²) >= 11 is 11.6. The Morgan fingerprint density at radius 1 is 1.19 bits per heavy atom. The number of halogens is 4. The van der Waals surface area contributed by atoms with Crippen LogP contribution in [0.1, 0.15) is 57.6 Å². The molecule has 1 fully saturated rings. The molecule has 2 heterocycles. The fraction of sp³-hybridized carbons (Fsp3) is 0.522. The smallest absolute Gasteiger partial charge is 0.417 e. The average molecular weight is 488 g/mol. The zero-order chi connectivity index (χ0) is 23.9. The molecule has 1 aromatic carbocycles. The third kappa shape index (κ3) is 6.17. The predicted octanol–water partition coefficient (Wildman–Crippen LogP) is 6.77. The number of nitrogens with one attached hydrogen (secondary N) is 2. The summed E-state index contributed by atoms with van der Waals surface area (Å²) in [5.41, 5.74) is -0.699. The predicted molar refractivity (Wildman–Crippen MR) is 126 cm³/mol. The molecule has 0 radical (unpaired) electrons. The summed E-state index contributed by atoms with van der Waals surface area (Å²) in [6, 6.07) is 7.46. The van der Waals surface area contributed by atoms with Crippen LogP contribution in [0.15, 0.2) is 34.7 Å². The number of hydrogen-bond donors (Lipinski definition) is 2. The van der Waals surface area contributed by atoms with Crippen LogP contribution in [-0.2, 0) is 12.7 Å². The number of thiocarbonyl (C=S) groups is 1. The van der Waals surface area contributed by atoms with Crippen molar-refractivity contribution < 1.29 is 17.6 Å². The van der Waals surface area contributed by atoms with Crippen molar-refractivity contribution in [3.63, 3.8) is 0 Å². The van der Waals surface area contributed by atoms with Gasteiger partial charge in [-0.2, -0.15) is 13.2 Å². The maximum Gasteiger partial charge on any atom is 0.417 e. The van der Waals surface area contributed by atoms with E-state index >= 15 is 0 Å². The number of benzene rings is 1. The van der Waals surface area contributed by atoms with Crippen LogP contribution in [-0.4, -0.2) is 27.1 Å². The molecular formula is C23H29ClF3N3OS. The molecular weight excluding hydrogens is 459 g/mol. The first-order valence-electron chi connectivity index (χ1n) is 10.4. The lowest BCUT2D eigenvalue weighted by molar-refractivity contribution is -0.137. The first kappa shape index (κ1) is 24.9. The highest BCUT2D eigenvalue weighted by Crippen LogP contribution is 2.36. The second-order valence-corrected chi connectivity index (χ2v) is 10.5. The van der Waals surface area contributed by atoms with E-state index in [0.29, 0.717) is 17.3 Å². The number of furan rings is 1. The molecule has 1 aliphatic heterocycles. The number of anilines is 1. The van der Waals surface area contributed by atoms with E-state index in [0.717, 1.165) is 30.4 Å². The fourth-order valence-corrected chi connectivity index (χ4v) is 5.23. The molecule has 1 saturated heterocycles. The molecule has 1 aromatic heterocycles. The van der Waals surface area contributed by atoms with Gasteiger partial charge in [0.25, 0.3) is 0 Å². The molecule has 0 spiro atoms. The van der Waals surface area contributed by atoms with Crippen molar-refractivity contribution in [3.8, 4) is 0 Å². The lowest BCUT2D eigenvalue weighted by atomic mass is 9.79. The SMILES string of the molecule is Cc1ccc(CN(C(=S)Nc2ccc(C(F)(F)F)c(Cl)c2)C2CC(C)(C)NC(C)(C)C2)o1. The van der Waals surface area contributed by atoms with Gasteiger partial charge in [0, 0.05) is 22.8 Å². The summed E-state index contributed by atoms with van der Waals surface area (Å²) in [5, 5.41) is 6.79. The molecule has 9 heteroatoms. The molecule has 4 nitrogen and oxygen atoms in total. The van der Waals surface area contributed by atoms with Gasteiger partial charge in [0.1, 0.15) is 11.5 Å². The van der Waals surface area contributed by atoms with Crippen LogP contribution in [0.2, 0.25) is 5.02 Å². The number of hydrogen-bond acceptors (Lipinski definition) is 3. The van der Waals surface area contributed by atoms with Gasteiger partial charge >= 0.3 is 6.18 Å². The minimum atomic E-state index is -4.51. The van der Waals surface area contributed by atoms with Crippen LogP contribution in [0.25, 0.3) is 0 Å². The first-order chi connectivity index (χ1) is 14.7. The molecule has 2 N–H and O–H groups in total. The molecule has 32 heavy (non-hydrogen) atoms. The van der Waals surface area contributed by atoms with Crippen molar-refractivity contribution >= 4 is 34.6 Å². The number of alkyl halides is 3. The second-order valence-electron chi connectivity index (χ2n) is 9.72. The molecule has 1 aliphatic rings. The summed E-state index contributed by atoms with van der Waals surface area (Å²) < 4.78 is 44.9. The lowest BCUT2D eigenvalue weighted by Gasteiger charge is -2.50. The van der Waals surface area contributed by atoms with Crippen LogP contribution in [0.5, 0.6) is 0 Å². The van der Waals surface area contributed by atoms with E-state index in [9.17, 15) is 13.2 Å². The van der Waals surface area contributed by atoms with Gasteiger partial charge < -0.3 is 20.0 Å². The maximum atomic E-state index is 13.0. The highest BCUT2D eigenvalue weighted by molar-refractivity contribution is 7.80. The van der Waals surface area contributed by atoms with Crippen LogP contribution in [0.4, 0.5) is 18.9 Å². The molecule has 0 unspecified atom stereocenters. The summed E-state index contributed by atoms with van der Waals surface area (Å²) in [4.78, 5) is 2.06. The molecule has 0 atom stereocenters. The topological polar surface area (TPSA) is 40.4 Å². The summed E-state index contributed by atoms with van der Waals surface area (Å²) in [5.74, 6) is 1.57. The molecule has 0 saturated carbocycles. The quantitative estimate of drug-likeness (QED) is 0.466. The Hall–Kier alpha value is -1.77. The van der Waals surface area contributed by atoms with Gasteiger partial charge in [0.05, 0.1) is 17.1 Å². The van der Waals surface area contributed by atoms with E-state index in [-0.39, 0.29) is 22.1 Å². The molecule has 0 amide bonds. The normalized spacial score (nSPS) is 18.4. The van der Waals surface area contributed by atoms with Crippen LogP contribution in [0, 0.1) is 6.92 Å². The Bertz CT molecular complexity index is 971. The number of aryl methyl sites for hydroxylation is 1. The monoisotopic (exact) mass is 487 g/mol.